The van der Waals surface area contributed by atoms with Crippen LogP contribution < -0.4 is 15.2 Å². The Bertz CT molecular complexity index is 1040. The third-order valence-electron chi connectivity index (χ3n) is 4.39. The lowest BCUT2D eigenvalue weighted by atomic mass is 10.1. The van der Waals surface area contributed by atoms with Gasteiger partial charge in [-0.25, -0.2) is 0 Å². The normalized spacial score (nSPS) is 12.4. The first-order chi connectivity index (χ1) is 14.5. The maximum Gasteiger partial charge on any atom is 0.311 e. The highest BCUT2D eigenvalue weighted by Crippen LogP contribution is 2.32. The molecule has 2 aromatic carbocycles. The van der Waals surface area contributed by atoms with Gasteiger partial charge >= 0.3 is 5.69 Å². The number of nitro benzene ring substituents is 1. The smallest absolute Gasteiger partial charge is 0.311 e. The Morgan fingerprint density at radius 2 is 1.50 bits per heavy atom. The molecule has 30 heavy (non-hydrogen) atoms. The highest BCUT2D eigenvalue weighted by molar-refractivity contribution is 5.87. The zero-order valence-electron chi connectivity index (χ0n) is 16.4. The zero-order valence-corrected chi connectivity index (χ0v) is 16.4. The lowest BCUT2D eigenvalue weighted by Crippen LogP contribution is -2.00. The van der Waals surface area contributed by atoms with E-state index in [0.717, 1.165) is 23.2 Å². The number of aliphatic imine (C=N–C) groups is 2. The van der Waals surface area contributed by atoms with Crippen LogP contribution in [0.4, 0.5) is 11.4 Å². The Morgan fingerprint density at radius 1 is 0.967 bits per heavy atom. The minimum Gasteiger partial charge on any atom is -0.487 e. The summed E-state index contributed by atoms with van der Waals surface area (Å²) in [4.78, 5) is 18.6. The fraction of sp³-hybridized carbons (Fsp3) is 0.182. The molecule has 0 bridgehead atoms. The summed E-state index contributed by atoms with van der Waals surface area (Å²) in [5.74, 6) is 0.989. The highest BCUT2D eigenvalue weighted by Gasteiger charge is 2.20. The summed E-state index contributed by atoms with van der Waals surface area (Å²) < 4.78 is 10.7. The van der Waals surface area contributed by atoms with E-state index < -0.39 is 4.92 Å². The fourth-order valence-corrected chi connectivity index (χ4v) is 2.96. The second-order valence-electron chi connectivity index (χ2n) is 6.50. The first-order valence-corrected chi connectivity index (χ1v) is 9.24. The summed E-state index contributed by atoms with van der Waals surface area (Å²) in [6.07, 6.45) is 6.72. The van der Waals surface area contributed by atoms with Crippen molar-refractivity contribution in [3.05, 3.63) is 81.9 Å². The van der Waals surface area contributed by atoms with Crippen molar-refractivity contribution in [3.63, 3.8) is 0 Å². The van der Waals surface area contributed by atoms with Crippen LogP contribution in [0.1, 0.15) is 22.3 Å². The predicted molar refractivity (Wildman–Crippen MR) is 118 cm³/mol. The number of nitrogens with two attached hydrogens (primary N) is 1. The molecule has 0 radical (unpaired) electrons. The molecule has 0 saturated heterocycles. The van der Waals surface area contributed by atoms with Gasteiger partial charge in [0.05, 0.1) is 23.7 Å². The van der Waals surface area contributed by atoms with Gasteiger partial charge in [-0.3, -0.25) is 20.1 Å². The van der Waals surface area contributed by atoms with Crippen LogP contribution in [-0.4, -0.2) is 30.6 Å². The van der Waals surface area contributed by atoms with E-state index in [9.17, 15) is 10.1 Å². The standard InChI is InChI=1S/C11H10N2O3.C11H12N2O/c1-2-3-16-11-5-9-7-12-6-8(9)4-10(11)13(14)15;1-2-3-14-11-5-9-7-13-6-8(9)4-10(11)12/h2,4-6H,1,3,7H2;2,4-6H,1,3,7,12H2. The average molecular weight is 406 g/mol. The van der Waals surface area contributed by atoms with E-state index in [0.29, 0.717) is 24.6 Å². The van der Waals surface area contributed by atoms with Crippen molar-refractivity contribution in [2.24, 2.45) is 9.98 Å². The topological polar surface area (TPSA) is 112 Å². The second kappa shape index (κ2) is 9.51. The van der Waals surface area contributed by atoms with E-state index >= 15 is 0 Å². The fourth-order valence-electron chi connectivity index (χ4n) is 2.96. The molecule has 2 N–H and O–H groups in total. The van der Waals surface area contributed by atoms with Gasteiger partial charge in [0.1, 0.15) is 19.0 Å². The second-order valence-corrected chi connectivity index (χ2v) is 6.50. The predicted octanol–water partition coefficient (Wildman–Crippen LogP) is 3.86. The molecule has 0 aromatic heterocycles. The molecule has 2 aliphatic heterocycles. The van der Waals surface area contributed by atoms with Crippen LogP contribution in [0.15, 0.2) is 59.6 Å². The molecular formula is C22H22N4O4. The highest BCUT2D eigenvalue weighted by atomic mass is 16.6. The molecule has 2 aliphatic rings. The molecule has 0 fully saturated rings. The molecule has 2 aromatic rings. The van der Waals surface area contributed by atoms with Gasteiger partial charge in [0.25, 0.3) is 0 Å². The molecule has 4 rings (SSSR count). The quantitative estimate of drug-likeness (QED) is 0.325. The van der Waals surface area contributed by atoms with Gasteiger partial charge in [0, 0.05) is 24.1 Å². The molecule has 154 valence electrons. The minimum absolute atomic E-state index is 0.0334. The zero-order chi connectivity index (χ0) is 21.5. The van der Waals surface area contributed by atoms with E-state index in [-0.39, 0.29) is 18.0 Å². The van der Waals surface area contributed by atoms with Gasteiger partial charge in [0.15, 0.2) is 5.75 Å². The van der Waals surface area contributed by atoms with Gasteiger partial charge in [0.2, 0.25) is 0 Å². The molecule has 8 nitrogen and oxygen atoms in total. The van der Waals surface area contributed by atoms with Crippen LogP contribution >= 0.6 is 0 Å². The van der Waals surface area contributed by atoms with Crippen molar-refractivity contribution in [1.82, 2.24) is 0 Å². The van der Waals surface area contributed by atoms with E-state index in [1.165, 1.54) is 11.6 Å². The Balaban J connectivity index is 0.000000172. The summed E-state index contributed by atoms with van der Waals surface area (Å²) >= 11 is 0. The number of nitro groups is 1. The molecular weight excluding hydrogens is 384 g/mol. The van der Waals surface area contributed by atoms with Crippen LogP contribution in [0, 0.1) is 10.1 Å². The molecule has 0 saturated carbocycles. The number of ether oxygens (including phenoxy) is 2. The molecule has 0 aliphatic carbocycles. The van der Waals surface area contributed by atoms with Crippen LogP contribution in [0.3, 0.4) is 0 Å². The van der Waals surface area contributed by atoms with Gasteiger partial charge in [-0.15, -0.1) is 0 Å². The number of anilines is 1. The SMILES string of the molecule is C=CCOc1cc2c(cc1N)C=NC2.C=CCOc1cc2c(cc1[N+](=O)[O-])C=NC2. The lowest BCUT2D eigenvalue weighted by Gasteiger charge is -2.08. The van der Waals surface area contributed by atoms with Crippen LogP contribution in [0.2, 0.25) is 0 Å². The van der Waals surface area contributed by atoms with Crippen molar-refractivity contribution < 1.29 is 14.4 Å². The molecule has 2 heterocycles. The number of hydrogen-bond donors (Lipinski definition) is 1. The number of fused-ring (bicyclic) bond motifs is 2. The van der Waals surface area contributed by atoms with Crippen LogP contribution in [0.5, 0.6) is 11.5 Å². The summed E-state index contributed by atoms with van der Waals surface area (Å²) in [6, 6.07) is 7.00. The van der Waals surface area contributed by atoms with E-state index in [1.807, 2.05) is 18.3 Å². The Kier molecular flexibility index (Phi) is 6.59. The van der Waals surface area contributed by atoms with Crippen molar-refractivity contribution in [2.75, 3.05) is 18.9 Å². The number of nitrogens with zero attached hydrogens (tertiary/aromatic N) is 3. The van der Waals surface area contributed by atoms with E-state index in [4.69, 9.17) is 15.2 Å². The van der Waals surface area contributed by atoms with E-state index in [2.05, 4.69) is 23.1 Å². The van der Waals surface area contributed by atoms with Gasteiger partial charge < -0.3 is 15.2 Å². The number of rotatable bonds is 7. The average Bonchev–Trinajstić information content (AvgIpc) is 3.38. The summed E-state index contributed by atoms with van der Waals surface area (Å²) in [5, 5.41) is 10.8. The molecule has 0 atom stereocenters. The number of benzene rings is 2. The third-order valence-corrected chi connectivity index (χ3v) is 4.39. The maximum absolute atomic E-state index is 10.8. The summed E-state index contributed by atoms with van der Waals surface area (Å²) in [6.45, 7) is 9.09. The number of nitrogen functional groups attached to an aromatic ring is 1. The molecule has 8 heteroatoms. The van der Waals surface area contributed by atoms with Crippen LogP contribution in [-0.2, 0) is 13.1 Å². The first-order valence-electron chi connectivity index (χ1n) is 9.24. The third kappa shape index (κ3) is 4.72. The molecule has 0 unspecified atom stereocenters. The van der Waals surface area contributed by atoms with Gasteiger partial charge in [-0.05, 0) is 34.9 Å². The maximum atomic E-state index is 10.8. The van der Waals surface area contributed by atoms with Gasteiger partial charge in [-0.1, -0.05) is 25.3 Å². The van der Waals surface area contributed by atoms with Gasteiger partial charge in [-0.2, -0.15) is 0 Å². The molecule has 0 spiro atoms. The summed E-state index contributed by atoms with van der Waals surface area (Å²) in [7, 11) is 0. The number of hydrogen-bond acceptors (Lipinski definition) is 7. The molecule has 0 amide bonds. The van der Waals surface area contributed by atoms with Crippen molar-refractivity contribution in [1.29, 1.82) is 0 Å². The van der Waals surface area contributed by atoms with E-state index in [1.54, 1.807) is 24.4 Å². The Labute approximate surface area is 174 Å². The Morgan fingerprint density at radius 3 is 2.07 bits per heavy atom. The lowest BCUT2D eigenvalue weighted by molar-refractivity contribution is -0.385. The Hall–Kier alpha value is -3.94. The monoisotopic (exact) mass is 406 g/mol. The first kappa shape index (κ1) is 20.8. The van der Waals surface area contributed by atoms with Crippen molar-refractivity contribution >= 4 is 23.8 Å². The van der Waals surface area contributed by atoms with Crippen molar-refractivity contribution in [2.45, 2.75) is 13.1 Å². The largest absolute Gasteiger partial charge is 0.487 e. The minimum atomic E-state index is -0.454. The van der Waals surface area contributed by atoms with Crippen molar-refractivity contribution in [3.8, 4) is 11.5 Å². The summed E-state index contributed by atoms with van der Waals surface area (Å²) in [5.41, 5.74) is 10.4. The van der Waals surface area contributed by atoms with Crippen LogP contribution in [0.25, 0.3) is 0 Å².